The number of hydrogen-bond donors (Lipinski definition) is 3. The zero-order chi connectivity index (χ0) is 41.9. The number of amides is 3. The number of nitrogens with one attached hydrogen (secondary N) is 2. The SMILES string of the molecule is CCn1c(-c2cnccc2COC)c2c3cc(ccc31)-c1cc(O)cc(c1)C[C@H](NC(=O)[C@H]([C@@H](C)OC)N(C)C(C)=O)C(=O)N1CCC[C@H](N1)C(=O)OCC(C)(C)C2. The first kappa shape index (κ1) is 42.3. The number of benzene rings is 2. The number of phenolic OH excluding ortho intramolecular Hbond substituents is 1. The average molecular weight is 797 g/mol. The highest BCUT2D eigenvalue weighted by Gasteiger charge is 2.38. The van der Waals surface area contributed by atoms with E-state index in [-0.39, 0.29) is 31.2 Å². The zero-order valence-corrected chi connectivity index (χ0v) is 34.8. The van der Waals surface area contributed by atoms with Gasteiger partial charge in [-0.15, -0.1) is 0 Å². The molecule has 0 radical (unpaired) electrons. The molecule has 4 heterocycles. The van der Waals surface area contributed by atoms with Crippen molar-refractivity contribution in [1.82, 2.24) is 30.2 Å². The number of likely N-dealkylation sites (N-methyl/N-ethyl adjacent to an activating group) is 1. The van der Waals surface area contributed by atoms with Gasteiger partial charge in [0.05, 0.1) is 25.0 Å². The fourth-order valence-corrected chi connectivity index (χ4v) is 8.22. The molecule has 1 saturated heterocycles. The summed E-state index contributed by atoms with van der Waals surface area (Å²) in [6.45, 7) is 10.8. The number of aromatic nitrogens is 2. The molecular formula is C44H56N6O8. The Hall–Kier alpha value is -5.31. The maximum absolute atomic E-state index is 14.4. The molecule has 2 aliphatic heterocycles. The maximum atomic E-state index is 14.4. The molecule has 2 aromatic heterocycles. The summed E-state index contributed by atoms with van der Waals surface area (Å²) >= 11 is 0. The molecule has 6 rings (SSSR count). The van der Waals surface area contributed by atoms with Crippen LogP contribution in [0.2, 0.25) is 0 Å². The standard InChI is InChI=1S/C44H56N6O8/c1-9-49-38-13-12-29-21-33(38)34(40(49)35-23-45-15-14-30(35)24-56-7)22-44(4,5)25-58-43(55)36-11-10-16-50(47-36)42(54)37(19-28-17-31(29)20-32(52)18-28)46-41(53)39(26(2)57-8)48(6)27(3)51/h12-15,17-18,20-21,23,26,36-37,39,47,52H,9-11,16,19,22,24-25H2,1-8H3,(H,46,53)/t26-,36+,37+,39+/m1/s1. The molecule has 2 aromatic carbocycles. The van der Waals surface area contributed by atoms with Crippen LogP contribution < -0.4 is 10.7 Å². The van der Waals surface area contributed by atoms with Crippen LogP contribution in [0, 0.1) is 5.41 Å². The number of fused-ring (bicyclic) bond motifs is 6. The van der Waals surface area contributed by atoms with Gasteiger partial charge < -0.3 is 34.1 Å². The van der Waals surface area contributed by atoms with Crippen molar-refractivity contribution in [2.75, 3.05) is 34.4 Å². The number of carbonyl (C=O) groups excluding carboxylic acids is 4. The number of phenols is 1. The summed E-state index contributed by atoms with van der Waals surface area (Å²) in [4.78, 5) is 60.5. The molecule has 3 N–H and O–H groups in total. The van der Waals surface area contributed by atoms with Gasteiger partial charge in [-0.3, -0.25) is 29.2 Å². The Morgan fingerprint density at radius 3 is 2.62 bits per heavy atom. The molecule has 310 valence electrons. The summed E-state index contributed by atoms with van der Waals surface area (Å²) in [6.07, 6.45) is 4.47. The summed E-state index contributed by atoms with van der Waals surface area (Å²) in [7, 11) is 4.63. The molecule has 0 aliphatic carbocycles. The Bertz CT molecular complexity index is 2180. The van der Waals surface area contributed by atoms with E-state index in [1.807, 2.05) is 24.4 Å². The first-order valence-electron chi connectivity index (χ1n) is 19.9. The first-order chi connectivity index (χ1) is 27.7. The van der Waals surface area contributed by atoms with Crippen LogP contribution in [0.3, 0.4) is 0 Å². The topological polar surface area (TPSA) is 165 Å². The number of aromatic hydroxyl groups is 1. The minimum Gasteiger partial charge on any atom is -0.508 e. The van der Waals surface area contributed by atoms with Gasteiger partial charge in [-0.2, -0.15) is 0 Å². The number of rotatable bonds is 9. The number of cyclic esters (lactones) is 1. The molecule has 58 heavy (non-hydrogen) atoms. The number of ether oxygens (including phenoxy) is 3. The van der Waals surface area contributed by atoms with Crippen molar-refractivity contribution in [3.8, 4) is 28.1 Å². The number of hydrogen-bond acceptors (Lipinski definition) is 10. The lowest BCUT2D eigenvalue weighted by Crippen LogP contribution is -2.62. The third-order valence-corrected chi connectivity index (χ3v) is 11.3. The van der Waals surface area contributed by atoms with Crippen LogP contribution >= 0.6 is 0 Å². The van der Waals surface area contributed by atoms with Crippen molar-refractivity contribution in [2.24, 2.45) is 5.41 Å². The van der Waals surface area contributed by atoms with Crippen molar-refractivity contribution in [2.45, 2.75) is 97.7 Å². The zero-order valence-electron chi connectivity index (χ0n) is 34.8. The summed E-state index contributed by atoms with van der Waals surface area (Å²) in [5, 5.41) is 16.4. The molecule has 4 aromatic rings. The van der Waals surface area contributed by atoms with Crippen LogP contribution in [0.15, 0.2) is 54.9 Å². The van der Waals surface area contributed by atoms with Gasteiger partial charge in [-0.1, -0.05) is 26.0 Å². The lowest BCUT2D eigenvalue weighted by molar-refractivity contribution is -0.155. The largest absolute Gasteiger partial charge is 0.508 e. The van der Waals surface area contributed by atoms with Crippen LogP contribution in [0.5, 0.6) is 5.75 Å². The summed E-state index contributed by atoms with van der Waals surface area (Å²) in [5.41, 5.74) is 9.75. The average Bonchev–Trinajstić information content (AvgIpc) is 3.50. The Morgan fingerprint density at radius 2 is 1.91 bits per heavy atom. The van der Waals surface area contributed by atoms with Gasteiger partial charge in [0.15, 0.2) is 0 Å². The number of aryl methyl sites for hydroxylation is 1. The summed E-state index contributed by atoms with van der Waals surface area (Å²) in [5.74, 6) is -1.89. The third kappa shape index (κ3) is 8.88. The predicted octanol–water partition coefficient (Wildman–Crippen LogP) is 4.77. The lowest BCUT2D eigenvalue weighted by Gasteiger charge is -2.36. The smallest absolute Gasteiger partial charge is 0.324 e. The van der Waals surface area contributed by atoms with E-state index in [1.54, 1.807) is 32.4 Å². The van der Waals surface area contributed by atoms with E-state index in [4.69, 9.17) is 14.2 Å². The highest BCUT2D eigenvalue weighted by Crippen LogP contribution is 2.41. The second-order valence-corrected chi connectivity index (χ2v) is 16.2. The van der Waals surface area contributed by atoms with Crippen molar-refractivity contribution >= 4 is 34.6 Å². The van der Waals surface area contributed by atoms with E-state index in [2.05, 4.69) is 53.2 Å². The molecule has 6 bridgehead atoms. The van der Waals surface area contributed by atoms with Gasteiger partial charge in [-0.05, 0) is 91.3 Å². The summed E-state index contributed by atoms with van der Waals surface area (Å²) in [6, 6.07) is 10.4. The number of nitrogens with zero attached hydrogens (tertiary/aromatic N) is 4. The van der Waals surface area contributed by atoms with E-state index in [9.17, 15) is 24.3 Å². The fourth-order valence-electron chi connectivity index (χ4n) is 8.22. The van der Waals surface area contributed by atoms with Crippen LogP contribution in [0.4, 0.5) is 0 Å². The van der Waals surface area contributed by atoms with Crippen molar-refractivity contribution in [1.29, 1.82) is 0 Å². The molecule has 14 heteroatoms. The highest BCUT2D eigenvalue weighted by molar-refractivity contribution is 5.96. The molecule has 4 atom stereocenters. The number of pyridine rings is 1. The van der Waals surface area contributed by atoms with Crippen molar-refractivity contribution < 1.29 is 38.5 Å². The fraction of sp³-hybridized carbons (Fsp3) is 0.477. The second-order valence-electron chi connectivity index (χ2n) is 16.2. The second kappa shape index (κ2) is 17.7. The Labute approximate surface area is 339 Å². The molecule has 3 amide bonds. The predicted molar refractivity (Wildman–Crippen MR) is 219 cm³/mol. The van der Waals surface area contributed by atoms with Gasteiger partial charge in [0, 0.05) is 82.0 Å². The monoisotopic (exact) mass is 796 g/mol. The molecule has 0 unspecified atom stereocenters. The van der Waals surface area contributed by atoms with Crippen LogP contribution in [-0.4, -0.2) is 107 Å². The molecule has 2 aliphatic rings. The van der Waals surface area contributed by atoms with Gasteiger partial charge in [0.25, 0.3) is 5.91 Å². The molecular weight excluding hydrogens is 741 g/mol. The normalized spacial score (nSPS) is 19.6. The van der Waals surface area contributed by atoms with Crippen molar-refractivity contribution in [3.63, 3.8) is 0 Å². The number of hydrazine groups is 1. The van der Waals surface area contributed by atoms with E-state index in [0.29, 0.717) is 38.0 Å². The number of methoxy groups -OCH3 is 2. The van der Waals surface area contributed by atoms with Crippen molar-refractivity contribution in [3.05, 3.63) is 71.5 Å². The Kier molecular flexibility index (Phi) is 12.9. The minimum atomic E-state index is -1.15. The van der Waals surface area contributed by atoms with Crippen LogP contribution in [0.25, 0.3) is 33.3 Å². The highest BCUT2D eigenvalue weighted by atomic mass is 16.5. The van der Waals surface area contributed by atoms with Gasteiger partial charge in [0.2, 0.25) is 11.8 Å². The lowest BCUT2D eigenvalue weighted by atomic mass is 9.84. The Balaban J connectivity index is 1.52. The van der Waals surface area contributed by atoms with Crippen LogP contribution in [0.1, 0.15) is 64.2 Å². The third-order valence-electron chi connectivity index (χ3n) is 11.3. The quantitative estimate of drug-likeness (QED) is 0.201. The Morgan fingerprint density at radius 1 is 1.14 bits per heavy atom. The first-order valence-corrected chi connectivity index (χ1v) is 19.9. The van der Waals surface area contributed by atoms with Gasteiger partial charge in [-0.25, -0.2) is 5.43 Å². The van der Waals surface area contributed by atoms with Gasteiger partial charge in [0.1, 0.15) is 23.9 Å². The number of esters is 1. The van der Waals surface area contributed by atoms with Gasteiger partial charge >= 0.3 is 5.97 Å². The van der Waals surface area contributed by atoms with E-state index >= 15 is 0 Å². The minimum absolute atomic E-state index is 0.00153. The summed E-state index contributed by atoms with van der Waals surface area (Å²) < 4.78 is 19.4. The molecule has 0 saturated carbocycles. The molecule has 14 nitrogen and oxygen atoms in total. The van der Waals surface area contributed by atoms with Crippen LogP contribution in [-0.2, 0) is 59.4 Å². The van der Waals surface area contributed by atoms with E-state index in [0.717, 1.165) is 44.4 Å². The van der Waals surface area contributed by atoms with E-state index < -0.39 is 47.4 Å². The molecule has 0 spiro atoms. The number of carbonyl (C=O) groups is 4. The maximum Gasteiger partial charge on any atom is 0.324 e. The molecule has 1 fully saturated rings. The van der Waals surface area contributed by atoms with E-state index in [1.165, 1.54) is 31.0 Å².